The number of hydrogen-bond donors (Lipinski definition) is 1. The third kappa shape index (κ3) is 4.50. The van der Waals surface area contributed by atoms with Crippen molar-refractivity contribution in [3.63, 3.8) is 0 Å². The van der Waals surface area contributed by atoms with E-state index in [0.717, 1.165) is 6.42 Å². The molecule has 0 bridgehead atoms. The Hall–Kier alpha value is -3.49. The molecule has 1 aromatic heterocycles. The first kappa shape index (κ1) is 20.8. The second kappa shape index (κ2) is 8.33. The molecule has 0 aliphatic heterocycles. The summed E-state index contributed by atoms with van der Waals surface area (Å²) >= 11 is 0. The summed E-state index contributed by atoms with van der Waals surface area (Å²) in [6.45, 7) is 0. The molecule has 4 rings (SSSR count). The van der Waals surface area contributed by atoms with Crippen LogP contribution in [0.4, 0.5) is 17.6 Å². The summed E-state index contributed by atoms with van der Waals surface area (Å²) in [5, 5.41) is 7.66. The molecule has 3 aromatic rings. The van der Waals surface area contributed by atoms with Crippen molar-refractivity contribution in [3.05, 3.63) is 82.4 Å². The lowest BCUT2D eigenvalue weighted by Gasteiger charge is -2.14. The Morgan fingerprint density at radius 2 is 1.71 bits per heavy atom. The Morgan fingerprint density at radius 1 is 1.03 bits per heavy atom. The van der Waals surface area contributed by atoms with Gasteiger partial charge in [0.15, 0.2) is 5.69 Å². The van der Waals surface area contributed by atoms with E-state index in [1.54, 1.807) is 12.1 Å². The van der Waals surface area contributed by atoms with Crippen LogP contribution in [0.5, 0.6) is 0 Å². The Bertz CT molecular complexity index is 1120. The maximum absolute atomic E-state index is 13.4. The van der Waals surface area contributed by atoms with Crippen molar-refractivity contribution in [2.45, 2.75) is 31.9 Å². The summed E-state index contributed by atoms with van der Waals surface area (Å²) in [5.41, 5.74) is 3.72. The maximum atomic E-state index is 13.4. The van der Waals surface area contributed by atoms with Crippen molar-refractivity contribution < 1.29 is 22.4 Å². The van der Waals surface area contributed by atoms with Crippen molar-refractivity contribution >= 4 is 12.1 Å². The fraction of sp³-hybridized carbons (Fsp3) is 0.227. The monoisotopic (exact) mass is 430 g/mol. The fourth-order valence-electron chi connectivity index (χ4n) is 3.57. The zero-order chi connectivity index (χ0) is 22.0. The Labute approximate surface area is 175 Å². The lowest BCUT2D eigenvalue weighted by Crippen LogP contribution is -2.17. The van der Waals surface area contributed by atoms with Crippen LogP contribution >= 0.6 is 0 Å². The number of nitrogens with one attached hydrogen (secondary N) is 1. The number of halogens is 4. The SMILES string of the molecule is O=C(N/N=C/c1ccc(F)cc1)c1ccc(-n2nc(C(F)(F)F)c3c2CCCC3)cc1. The van der Waals surface area contributed by atoms with Crippen LogP contribution < -0.4 is 5.43 Å². The maximum Gasteiger partial charge on any atom is 0.435 e. The molecule has 9 heteroatoms. The molecule has 1 heterocycles. The Kier molecular flexibility index (Phi) is 5.58. The average Bonchev–Trinajstić information content (AvgIpc) is 3.15. The molecule has 1 aliphatic carbocycles. The summed E-state index contributed by atoms with van der Waals surface area (Å²) in [4.78, 5) is 12.2. The highest BCUT2D eigenvalue weighted by molar-refractivity contribution is 5.95. The smallest absolute Gasteiger partial charge is 0.267 e. The van der Waals surface area contributed by atoms with Gasteiger partial charge in [0.2, 0.25) is 0 Å². The standard InChI is InChI=1S/C22H18F4N4O/c23-16-9-5-14(6-10-16)13-27-28-21(31)15-7-11-17(12-8-15)30-19-4-2-1-3-18(19)20(29-30)22(24,25)26/h5-13H,1-4H2,(H,28,31)/b27-13+. The van der Waals surface area contributed by atoms with Gasteiger partial charge in [0.05, 0.1) is 11.9 Å². The molecule has 1 N–H and O–H groups in total. The molecule has 2 aromatic carbocycles. The number of aromatic nitrogens is 2. The molecule has 0 spiro atoms. The molecule has 0 saturated carbocycles. The molecule has 5 nitrogen and oxygen atoms in total. The van der Waals surface area contributed by atoms with Gasteiger partial charge < -0.3 is 0 Å². The summed E-state index contributed by atoms with van der Waals surface area (Å²) in [7, 11) is 0. The number of benzene rings is 2. The lowest BCUT2D eigenvalue weighted by atomic mass is 9.95. The van der Waals surface area contributed by atoms with E-state index in [2.05, 4.69) is 15.6 Å². The molecule has 1 aliphatic rings. The van der Waals surface area contributed by atoms with Crippen LogP contribution in [-0.4, -0.2) is 21.9 Å². The van der Waals surface area contributed by atoms with Gasteiger partial charge in [-0.1, -0.05) is 12.1 Å². The third-order valence-electron chi connectivity index (χ3n) is 5.07. The van der Waals surface area contributed by atoms with Gasteiger partial charge in [0.25, 0.3) is 5.91 Å². The number of carbonyl (C=O) groups is 1. The lowest BCUT2D eigenvalue weighted by molar-refractivity contribution is -0.142. The number of carbonyl (C=O) groups excluding carboxylic acids is 1. The van der Waals surface area contributed by atoms with E-state index in [9.17, 15) is 22.4 Å². The van der Waals surface area contributed by atoms with Gasteiger partial charge in [-0.25, -0.2) is 14.5 Å². The van der Waals surface area contributed by atoms with E-state index in [1.807, 2.05) is 0 Å². The van der Waals surface area contributed by atoms with Gasteiger partial charge in [-0.3, -0.25) is 4.79 Å². The van der Waals surface area contributed by atoms with Crippen LogP contribution in [0.25, 0.3) is 5.69 Å². The van der Waals surface area contributed by atoms with E-state index >= 15 is 0 Å². The first-order valence-corrected chi connectivity index (χ1v) is 9.70. The van der Waals surface area contributed by atoms with Crippen LogP contribution in [0.2, 0.25) is 0 Å². The normalized spacial score (nSPS) is 13.9. The topological polar surface area (TPSA) is 59.3 Å². The molecule has 0 fully saturated rings. The Morgan fingerprint density at radius 3 is 2.39 bits per heavy atom. The van der Waals surface area contributed by atoms with Crippen molar-refractivity contribution in [2.75, 3.05) is 0 Å². The zero-order valence-corrected chi connectivity index (χ0v) is 16.3. The van der Waals surface area contributed by atoms with Gasteiger partial charge in [-0.15, -0.1) is 0 Å². The molecule has 0 atom stereocenters. The van der Waals surface area contributed by atoms with E-state index in [4.69, 9.17) is 0 Å². The minimum atomic E-state index is -4.50. The number of nitrogens with zero attached hydrogens (tertiary/aromatic N) is 3. The third-order valence-corrected chi connectivity index (χ3v) is 5.07. The fourth-order valence-corrected chi connectivity index (χ4v) is 3.57. The van der Waals surface area contributed by atoms with E-state index in [1.165, 1.54) is 47.3 Å². The van der Waals surface area contributed by atoms with Crippen LogP contribution in [0.1, 0.15) is 45.7 Å². The van der Waals surface area contributed by atoms with Gasteiger partial charge >= 0.3 is 6.18 Å². The number of rotatable bonds is 4. The highest BCUT2D eigenvalue weighted by atomic mass is 19.4. The molecule has 160 valence electrons. The van der Waals surface area contributed by atoms with Crippen LogP contribution in [0.15, 0.2) is 53.6 Å². The van der Waals surface area contributed by atoms with E-state index < -0.39 is 17.8 Å². The van der Waals surface area contributed by atoms with Gasteiger partial charge in [-0.2, -0.15) is 23.4 Å². The van der Waals surface area contributed by atoms with Crippen molar-refractivity contribution in [3.8, 4) is 5.69 Å². The van der Waals surface area contributed by atoms with Crippen LogP contribution in [0, 0.1) is 5.82 Å². The molecule has 1 amide bonds. The number of fused-ring (bicyclic) bond motifs is 1. The Balaban J connectivity index is 1.51. The predicted molar refractivity (Wildman–Crippen MR) is 107 cm³/mol. The first-order valence-electron chi connectivity index (χ1n) is 9.70. The van der Waals surface area contributed by atoms with Crippen molar-refractivity contribution in [1.82, 2.24) is 15.2 Å². The number of hydrogen-bond acceptors (Lipinski definition) is 3. The quantitative estimate of drug-likeness (QED) is 0.371. The number of alkyl halides is 3. The number of hydrazone groups is 1. The average molecular weight is 430 g/mol. The summed E-state index contributed by atoms with van der Waals surface area (Å²) < 4.78 is 54.3. The van der Waals surface area contributed by atoms with E-state index in [-0.39, 0.29) is 16.9 Å². The van der Waals surface area contributed by atoms with Gasteiger partial charge in [0, 0.05) is 16.8 Å². The minimum absolute atomic E-state index is 0.260. The number of amides is 1. The van der Waals surface area contributed by atoms with E-state index in [0.29, 0.717) is 36.2 Å². The van der Waals surface area contributed by atoms with Crippen LogP contribution in [0.3, 0.4) is 0 Å². The highest BCUT2D eigenvalue weighted by Gasteiger charge is 2.39. The zero-order valence-electron chi connectivity index (χ0n) is 16.3. The van der Waals surface area contributed by atoms with Gasteiger partial charge in [-0.05, 0) is 67.6 Å². The van der Waals surface area contributed by atoms with Crippen LogP contribution in [-0.2, 0) is 19.0 Å². The molecule has 0 unspecified atom stereocenters. The summed E-state index contributed by atoms with van der Waals surface area (Å²) in [6.07, 6.45) is -0.729. The molecular weight excluding hydrogens is 412 g/mol. The minimum Gasteiger partial charge on any atom is -0.267 e. The highest BCUT2D eigenvalue weighted by Crippen LogP contribution is 2.36. The second-order valence-electron chi connectivity index (χ2n) is 7.19. The van der Waals surface area contributed by atoms with Crippen molar-refractivity contribution in [1.29, 1.82) is 0 Å². The van der Waals surface area contributed by atoms with Gasteiger partial charge in [0.1, 0.15) is 5.82 Å². The molecule has 0 radical (unpaired) electrons. The molecular formula is C22H18F4N4O. The van der Waals surface area contributed by atoms with Crippen molar-refractivity contribution in [2.24, 2.45) is 5.10 Å². The summed E-state index contributed by atoms with van der Waals surface area (Å²) in [5.74, 6) is -0.856. The summed E-state index contributed by atoms with van der Waals surface area (Å²) in [6, 6.07) is 11.7. The first-order chi connectivity index (χ1) is 14.8. The molecule has 0 saturated heterocycles. The second-order valence-corrected chi connectivity index (χ2v) is 7.19. The molecule has 31 heavy (non-hydrogen) atoms. The largest absolute Gasteiger partial charge is 0.435 e. The predicted octanol–water partition coefficient (Wildman–Crippen LogP) is 4.67.